The summed E-state index contributed by atoms with van der Waals surface area (Å²) in [6.07, 6.45) is 6.13. The maximum Gasteiger partial charge on any atom is 0.257 e. The number of hydrogen-bond donors (Lipinski definition) is 3. The van der Waals surface area contributed by atoms with Crippen LogP contribution in [0, 0.1) is 0 Å². The molecule has 0 saturated heterocycles. The van der Waals surface area contributed by atoms with E-state index in [-0.39, 0.29) is 5.91 Å². The normalized spacial score (nSPS) is 16.8. The van der Waals surface area contributed by atoms with Crippen LogP contribution in [0.5, 0.6) is 0 Å². The van der Waals surface area contributed by atoms with E-state index in [1.54, 1.807) is 7.05 Å². The molecule has 1 saturated carbocycles. The molecule has 2 rings (SSSR count). The first-order chi connectivity index (χ1) is 8.22. The van der Waals surface area contributed by atoms with Gasteiger partial charge in [-0.2, -0.15) is 4.37 Å². The van der Waals surface area contributed by atoms with Crippen molar-refractivity contribution in [2.75, 3.05) is 18.1 Å². The third kappa shape index (κ3) is 2.69. The molecule has 0 spiro atoms. The van der Waals surface area contributed by atoms with Gasteiger partial charge in [-0.15, -0.1) is 0 Å². The average molecular weight is 254 g/mol. The van der Waals surface area contributed by atoms with Crippen molar-refractivity contribution in [3.05, 3.63) is 5.56 Å². The van der Waals surface area contributed by atoms with Crippen LogP contribution in [0.15, 0.2) is 0 Å². The fourth-order valence-corrected chi connectivity index (χ4v) is 2.97. The Balaban J connectivity index is 2.12. The Morgan fingerprint density at radius 3 is 2.76 bits per heavy atom. The van der Waals surface area contributed by atoms with E-state index in [0.717, 1.165) is 17.8 Å². The maximum atomic E-state index is 11.7. The number of nitrogens with zero attached hydrogens (tertiary/aromatic N) is 1. The van der Waals surface area contributed by atoms with Gasteiger partial charge in [-0.25, -0.2) is 0 Å². The van der Waals surface area contributed by atoms with Crippen molar-refractivity contribution in [3.63, 3.8) is 0 Å². The first kappa shape index (κ1) is 12.2. The zero-order valence-corrected chi connectivity index (χ0v) is 10.8. The van der Waals surface area contributed by atoms with Crippen LogP contribution in [-0.4, -0.2) is 23.4 Å². The summed E-state index contributed by atoms with van der Waals surface area (Å²) in [5.74, 6) is 0.141. The number of nitrogen functional groups attached to an aromatic ring is 1. The van der Waals surface area contributed by atoms with Gasteiger partial charge in [0.25, 0.3) is 5.91 Å². The highest BCUT2D eigenvalue weighted by molar-refractivity contribution is 7.11. The Bertz CT molecular complexity index is 398. The Hall–Kier alpha value is -1.30. The predicted octanol–water partition coefficient (Wildman–Crippen LogP) is 1.83. The van der Waals surface area contributed by atoms with Crippen molar-refractivity contribution in [2.45, 2.75) is 38.1 Å². The van der Waals surface area contributed by atoms with E-state index in [9.17, 15) is 4.79 Å². The van der Waals surface area contributed by atoms with Gasteiger partial charge in [0.15, 0.2) is 5.82 Å². The first-order valence-electron chi connectivity index (χ1n) is 5.96. The summed E-state index contributed by atoms with van der Waals surface area (Å²) < 4.78 is 4.05. The number of carbonyl (C=O) groups is 1. The summed E-state index contributed by atoms with van der Waals surface area (Å²) in [4.78, 5) is 11.7. The van der Waals surface area contributed by atoms with Gasteiger partial charge in [-0.1, -0.05) is 19.3 Å². The number of amides is 1. The zero-order valence-electron chi connectivity index (χ0n) is 9.95. The Morgan fingerprint density at radius 2 is 2.12 bits per heavy atom. The fourth-order valence-electron chi connectivity index (χ4n) is 2.18. The molecule has 0 atom stereocenters. The van der Waals surface area contributed by atoms with E-state index in [0.29, 0.717) is 17.4 Å². The number of rotatable bonds is 3. The van der Waals surface area contributed by atoms with Crippen LogP contribution in [-0.2, 0) is 0 Å². The van der Waals surface area contributed by atoms with Crippen LogP contribution in [0.2, 0.25) is 0 Å². The van der Waals surface area contributed by atoms with Crippen LogP contribution in [0.3, 0.4) is 0 Å². The molecule has 5 nitrogen and oxygen atoms in total. The molecule has 1 fully saturated rings. The topological polar surface area (TPSA) is 80.0 Å². The lowest BCUT2D eigenvalue weighted by atomic mass is 9.95. The average Bonchev–Trinajstić information content (AvgIpc) is 2.71. The van der Waals surface area contributed by atoms with Crippen molar-refractivity contribution >= 4 is 28.3 Å². The summed E-state index contributed by atoms with van der Waals surface area (Å²) >= 11 is 1.27. The van der Waals surface area contributed by atoms with Gasteiger partial charge in [-0.05, 0) is 24.4 Å². The van der Waals surface area contributed by atoms with E-state index in [2.05, 4.69) is 15.0 Å². The van der Waals surface area contributed by atoms with E-state index in [1.165, 1.54) is 30.8 Å². The maximum absolute atomic E-state index is 11.7. The smallest absolute Gasteiger partial charge is 0.257 e. The lowest BCUT2D eigenvalue weighted by molar-refractivity contribution is 0.0965. The zero-order chi connectivity index (χ0) is 12.3. The summed E-state index contributed by atoms with van der Waals surface area (Å²) in [6.45, 7) is 0. The highest BCUT2D eigenvalue weighted by Crippen LogP contribution is 2.30. The number of nitrogens with two attached hydrogens (primary N) is 1. The predicted molar refractivity (Wildman–Crippen MR) is 70.4 cm³/mol. The molecule has 0 unspecified atom stereocenters. The summed E-state index contributed by atoms with van der Waals surface area (Å²) in [7, 11) is 1.60. The molecule has 0 radical (unpaired) electrons. The second kappa shape index (κ2) is 5.35. The lowest BCUT2D eigenvalue weighted by Gasteiger charge is -2.23. The van der Waals surface area contributed by atoms with Crippen LogP contribution >= 0.6 is 11.5 Å². The molecule has 17 heavy (non-hydrogen) atoms. The molecule has 1 heterocycles. The van der Waals surface area contributed by atoms with E-state index < -0.39 is 0 Å². The molecule has 0 bridgehead atoms. The van der Waals surface area contributed by atoms with E-state index >= 15 is 0 Å². The van der Waals surface area contributed by atoms with Gasteiger partial charge < -0.3 is 16.4 Å². The van der Waals surface area contributed by atoms with Crippen molar-refractivity contribution in [1.29, 1.82) is 0 Å². The molecule has 4 N–H and O–H groups in total. The molecular weight excluding hydrogens is 236 g/mol. The highest BCUT2D eigenvalue weighted by atomic mass is 32.1. The number of nitrogens with one attached hydrogen (secondary N) is 2. The Kier molecular flexibility index (Phi) is 3.83. The molecule has 1 aromatic rings. The monoisotopic (exact) mass is 254 g/mol. The second-order valence-corrected chi connectivity index (χ2v) is 5.10. The number of anilines is 2. The number of carbonyl (C=O) groups excluding carboxylic acids is 1. The second-order valence-electron chi connectivity index (χ2n) is 4.33. The van der Waals surface area contributed by atoms with Gasteiger partial charge in [-0.3, -0.25) is 4.79 Å². The van der Waals surface area contributed by atoms with Crippen LogP contribution in [0.25, 0.3) is 0 Å². The number of hydrogen-bond acceptors (Lipinski definition) is 5. The Labute approximate surface area is 105 Å². The Morgan fingerprint density at radius 1 is 1.41 bits per heavy atom. The minimum atomic E-state index is -0.172. The molecule has 0 aliphatic heterocycles. The van der Waals surface area contributed by atoms with Crippen molar-refractivity contribution < 1.29 is 4.79 Å². The van der Waals surface area contributed by atoms with E-state index in [1.807, 2.05) is 0 Å². The molecule has 1 amide bonds. The highest BCUT2D eigenvalue weighted by Gasteiger charge is 2.21. The SMILES string of the molecule is CNC(=O)c1c(N)nsc1NC1CCCCC1. The van der Waals surface area contributed by atoms with Crippen LogP contribution < -0.4 is 16.4 Å². The van der Waals surface area contributed by atoms with Gasteiger partial charge in [0, 0.05) is 13.1 Å². The van der Waals surface area contributed by atoms with Gasteiger partial charge in [0.1, 0.15) is 10.6 Å². The first-order valence-corrected chi connectivity index (χ1v) is 6.73. The summed E-state index contributed by atoms with van der Waals surface area (Å²) in [5.41, 5.74) is 6.21. The van der Waals surface area contributed by atoms with Crippen molar-refractivity contribution in [3.8, 4) is 0 Å². The summed E-state index contributed by atoms with van der Waals surface area (Å²) in [5, 5.41) is 6.79. The third-order valence-electron chi connectivity index (χ3n) is 3.11. The molecule has 1 aliphatic rings. The minimum absolute atomic E-state index is 0.172. The quantitative estimate of drug-likeness (QED) is 0.768. The molecular formula is C11H18N4OS. The lowest BCUT2D eigenvalue weighted by Crippen LogP contribution is -2.25. The van der Waals surface area contributed by atoms with Crippen LogP contribution in [0.4, 0.5) is 10.8 Å². The van der Waals surface area contributed by atoms with Crippen LogP contribution in [0.1, 0.15) is 42.5 Å². The van der Waals surface area contributed by atoms with Crippen molar-refractivity contribution in [1.82, 2.24) is 9.69 Å². The molecule has 1 aromatic heterocycles. The molecule has 0 aromatic carbocycles. The van der Waals surface area contributed by atoms with Gasteiger partial charge >= 0.3 is 0 Å². The summed E-state index contributed by atoms with van der Waals surface area (Å²) in [6, 6.07) is 0.451. The van der Waals surface area contributed by atoms with Gasteiger partial charge in [0.05, 0.1) is 0 Å². The number of aromatic nitrogens is 1. The van der Waals surface area contributed by atoms with E-state index in [4.69, 9.17) is 5.73 Å². The molecule has 94 valence electrons. The standard InChI is InChI=1S/C11H18N4OS/c1-13-10(16)8-9(12)15-17-11(8)14-7-5-3-2-4-6-7/h7,14H,2-6H2,1H3,(H2,12,15)(H,13,16). The largest absolute Gasteiger partial charge is 0.382 e. The van der Waals surface area contributed by atoms with Gasteiger partial charge in [0.2, 0.25) is 0 Å². The third-order valence-corrected chi connectivity index (χ3v) is 3.91. The minimum Gasteiger partial charge on any atom is -0.382 e. The molecule has 1 aliphatic carbocycles. The fraction of sp³-hybridized carbons (Fsp3) is 0.636. The molecule has 6 heteroatoms. The van der Waals surface area contributed by atoms with Crippen molar-refractivity contribution in [2.24, 2.45) is 0 Å².